The number of carbonyl (C=O) groups is 1. The van der Waals surface area contributed by atoms with Crippen molar-refractivity contribution in [2.45, 2.75) is 39.3 Å². The lowest BCUT2D eigenvalue weighted by Gasteiger charge is -2.30. The molecular weight excluding hydrogens is 231 g/mol. The van der Waals surface area contributed by atoms with Crippen molar-refractivity contribution in [3.63, 3.8) is 0 Å². The van der Waals surface area contributed by atoms with Crippen molar-refractivity contribution in [2.75, 3.05) is 6.54 Å². The van der Waals surface area contributed by atoms with Crippen LogP contribution in [0.15, 0.2) is 24.3 Å². The highest BCUT2D eigenvalue weighted by Gasteiger charge is 2.23. The van der Waals surface area contributed by atoms with Gasteiger partial charge in [-0.2, -0.15) is 0 Å². The minimum absolute atomic E-state index is 0.0585. The second-order valence-electron chi connectivity index (χ2n) is 4.37. The summed E-state index contributed by atoms with van der Waals surface area (Å²) in [7, 11) is 0. The number of benzene rings is 1. The van der Waals surface area contributed by atoms with E-state index in [2.05, 4.69) is 0 Å². The first-order valence-electron chi connectivity index (χ1n) is 6.32. The summed E-state index contributed by atoms with van der Waals surface area (Å²) in [6.45, 7) is 6.32. The van der Waals surface area contributed by atoms with E-state index in [0.29, 0.717) is 13.0 Å². The first-order valence-corrected chi connectivity index (χ1v) is 6.32. The Balaban J connectivity index is 2.88. The van der Waals surface area contributed by atoms with Gasteiger partial charge in [0.1, 0.15) is 5.82 Å². The van der Waals surface area contributed by atoms with Gasteiger partial charge in [-0.1, -0.05) is 19.1 Å². The van der Waals surface area contributed by atoms with E-state index in [4.69, 9.17) is 5.73 Å². The molecule has 100 valence electrons. The maximum absolute atomic E-state index is 12.9. The van der Waals surface area contributed by atoms with Crippen LogP contribution >= 0.6 is 0 Å². The molecule has 1 aromatic rings. The van der Waals surface area contributed by atoms with E-state index in [1.807, 2.05) is 20.8 Å². The van der Waals surface area contributed by atoms with Gasteiger partial charge in [0, 0.05) is 6.54 Å². The average Bonchev–Trinajstić information content (AvgIpc) is 2.39. The van der Waals surface area contributed by atoms with Crippen LogP contribution in [0.1, 0.15) is 38.8 Å². The summed E-state index contributed by atoms with van der Waals surface area (Å²) < 4.78 is 12.9. The molecule has 0 radical (unpaired) electrons. The van der Waals surface area contributed by atoms with Gasteiger partial charge in [-0.25, -0.2) is 4.39 Å². The molecule has 0 aliphatic heterocycles. The minimum Gasteiger partial charge on any atom is -0.335 e. The summed E-state index contributed by atoms with van der Waals surface area (Å²) in [5.74, 6) is -0.331. The molecule has 2 atom stereocenters. The predicted octanol–water partition coefficient (Wildman–Crippen LogP) is 2.47. The maximum Gasteiger partial charge on any atom is 0.239 e. The third kappa shape index (κ3) is 3.29. The Morgan fingerprint density at radius 1 is 1.33 bits per heavy atom. The zero-order chi connectivity index (χ0) is 13.7. The van der Waals surface area contributed by atoms with Crippen LogP contribution < -0.4 is 5.73 Å². The molecule has 0 bridgehead atoms. The summed E-state index contributed by atoms with van der Waals surface area (Å²) in [5.41, 5.74) is 6.69. The fourth-order valence-electron chi connectivity index (χ4n) is 1.93. The molecular formula is C14H21FN2O. The maximum atomic E-state index is 12.9. The van der Waals surface area contributed by atoms with Crippen LogP contribution in [-0.4, -0.2) is 23.4 Å². The average molecular weight is 252 g/mol. The van der Waals surface area contributed by atoms with Gasteiger partial charge in [-0.05, 0) is 38.0 Å². The van der Waals surface area contributed by atoms with E-state index in [1.54, 1.807) is 17.0 Å². The SMILES string of the molecule is CC[C@H](N)C(=O)N(CC)C(C)c1ccc(F)cc1. The topological polar surface area (TPSA) is 46.3 Å². The molecule has 1 amide bonds. The number of rotatable bonds is 5. The molecule has 0 spiro atoms. The van der Waals surface area contributed by atoms with E-state index in [1.165, 1.54) is 12.1 Å². The van der Waals surface area contributed by atoms with Crippen molar-refractivity contribution >= 4 is 5.91 Å². The zero-order valence-electron chi connectivity index (χ0n) is 11.2. The number of halogens is 1. The summed E-state index contributed by atoms with van der Waals surface area (Å²) in [6.07, 6.45) is 0.617. The van der Waals surface area contributed by atoms with Crippen LogP contribution in [0.4, 0.5) is 4.39 Å². The summed E-state index contributed by atoms with van der Waals surface area (Å²) in [6, 6.07) is 5.66. The standard InChI is InChI=1S/C14H21FN2O/c1-4-13(16)14(18)17(5-2)10(3)11-6-8-12(15)9-7-11/h6-10,13H,4-5,16H2,1-3H3/t10?,13-/m0/s1. The van der Waals surface area contributed by atoms with Gasteiger partial charge in [0.15, 0.2) is 0 Å². The number of nitrogens with two attached hydrogens (primary N) is 1. The fourth-order valence-corrected chi connectivity index (χ4v) is 1.93. The van der Waals surface area contributed by atoms with Crippen molar-refractivity contribution in [3.05, 3.63) is 35.6 Å². The number of hydrogen-bond acceptors (Lipinski definition) is 2. The van der Waals surface area contributed by atoms with Gasteiger partial charge in [0.2, 0.25) is 5.91 Å². The normalized spacial score (nSPS) is 14.1. The third-order valence-electron chi connectivity index (χ3n) is 3.20. The highest BCUT2D eigenvalue weighted by molar-refractivity contribution is 5.82. The molecule has 0 heterocycles. The molecule has 18 heavy (non-hydrogen) atoms. The Bertz CT molecular complexity index is 391. The van der Waals surface area contributed by atoms with Gasteiger partial charge < -0.3 is 10.6 Å². The highest BCUT2D eigenvalue weighted by atomic mass is 19.1. The molecule has 2 N–H and O–H groups in total. The first kappa shape index (κ1) is 14.6. The molecule has 0 aliphatic carbocycles. The monoisotopic (exact) mass is 252 g/mol. The molecule has 4 heteroatoms. The van der Waals surface area contributed by atoms with E-state index in [9.17, 15) is 9.18 Å². The number of likely N-dealkylation sites (N-methyl/N-ethyl adjacent to an activating group) is 1. The van der Waals surface area contributed by atoms with Crippen LogP contribution in [0.2, 0.25) is 0 Å². The largest absolute Gasteiger partial charge is 0.335 e. The van der Waals surface area contributed by atoms with Crippen LogP contribution in [0.3, 0.4) is 0 Å². The second kappa shape index (κ2) is 6.50. The summed E-state index contributed by atoms with van der Waals surface area (Å²) in [4.78, 5) is 13.8. The first-order chi connectivity index (χ1) is 8.51. The van der Waals surface area contributed by atoms with Gasteiger partial charge in [0.05, 0.1) is 12.1 Å². The fraction of sp³-hybridized carbons (Fsp3) is 0.500. The smallest absolute Gasteiger partial charge is 0.239 e. The number of carbonyl (C=O) groups excluding carboxylic acids is 1. The number of nitrogens with zero attached hydrogens (tertiary/aromatic N) is 1. The van der Waals surface area contributed by atoms with Gasteiger partial charge in [-0.15, -0.1) is 0 Å². The molecule has 0 saturated heterocycles. The van der Waals surface area contributed by atoms with E-state index >= 15 is 0 Å². The molecule has 0 fully saturated rings. The summed E-state index contributed by atoms with van der Waals surface area (Å²) >= 11 is 0. The van der Waals surface area contributed by atoms with Gasteiger partial charge in [0.25, 0.3) is 0 Å². The van der Waals surface area contributed by atoms with E-state index in [0.717, 1.165) is 5.56 Å². The molecule has 1 unspecified atom stereocenters. The Labute approximate surface area is 108 Å². The van der Waals surface area contributed by atoms with Crippen molar-refractivity contribution in [1.29, 1.82) is 0 Å². The van der Waals surface area contributed by atoms with Crippen LogP contribution in [0.25, 0.3) is 0 Å². The Kier molecular flexibility index (Phi) is 5.28. The summed E-state index contributed by atoms with van der Waals surface area (Å²) in [5, 5.41) is 0. The van der Waals surface area contributed by atoms with Crippen LogP contribution in [0.5, 0.6) is 0 Å². The number of amides is 1. The molecule has 1 aromatic carbocycles. The molecule has 0 aromatic heterocycles. The van der Waals surface area contributed by atoms with Crippen molar-refractivity contribution in [3.8, 4) is 0 Å². The quantitative estimate of drug-likeness (QED) is 0.875. The van der Waals surface area contributed by atoms with E-state index < -0.39 is 6.04 Å². The van der Waals surface area contributed by atoms with Crippen molar-refractivity contribution in [1.82, 2.24) is 4.90 Å². The van der Waals surface area contributed by atoms with Gasteiger partial charge in [-0.3, -0.25) is 4.79 Å². The third-order valence-corrected chi connectivity index (χ3v) is 3.20. The molecule has 3 nitrogen and oxygen atoms in total. The zero-order valence-corrected chi connectivity index (χ0v) is 11.2. The van der Waals surface area contributed by atoms with Crippen molar-refractivity contribution < 1.29 is 9.18 Å². The lowest BCUT2D eigenvalue weighted by atomic mass is 10.1. The number of hydrogen-bond donors (Lipinski definition) is 1. The lowest BCUT2D eigenvalue weighted by molar-refractivity contribution is -0.134. The van der Waals surface area contributed by atoms with Gasteiger partial charge >= 0.3 is 0 Å². The lowest BCUT2D eigenvalue weighted by Crippen LogP contribution is -2.44. The molecule has 1 rings (SSSR count). The minimum atomic E-state index is -0.465. The molecule has 0 saturated carbocycles. The predicted molar refractivity (Wildman–Crippen MR) is 70.5 cm³/mol. The Morgan fingerprint density at radius 2 is 1.89 bits per heavy atom. The highest BCUT2D eigenvalue weighted by Crippen LogP contribution is 2.21. The van der Waals surface area contributed by atoms with Crippen LogP contribution in [-0.2, 0) is 4.79 Å². The van der Waals surface area contributed by atoms with E-state index in [-0.39, 0.29) is 17.8 Å². The Hall–Kier alpha value is -1.42. The Morgan fingerprint density at radius 3 is 2.33 bits per heavy atom. The van der Waals surface area contributed by atoms with Crippen LogP contribution in [0, 0.1) is 5.82 Å². The molecule has 0 aliphatic rings. The van der Waals surface area contributed by atoms with Crippen molar-refractivity contribution in [2.24, 2.45) is 5.73 Å². The second-order valence-corrected chi connectivity index (χ2v) is 4.37.